The maximum Gasteiger partial charge on any atom is 0.255 e. The zero-order chi connectivity index (χ0) is 20.9. The van der Waals surface area contributed by atoms with Crippen LogP contribution >= 0.6 is 11.8 Å². The third kappa shape index (κ3) is 4.36. The minimum absolute atomic E-state index is 0.0472. The Morgan fingerprint density at radius 3 is 2.30 bits per heavy atom. The molecule has 0 aliphatic heterocycles. The molecule has 0 atom stereocenters. The molecule has 4 rings (SSSR count). The highest BCUT2D eigenvalue weighted by molar-refractivity contribution is 8.00. The Morgan fingerprint density at radius 1 is 0.767 bits per heavy atom. The predicted molar refractivity (Wildman–Crippen MR) is 122 cm³/mol. The summed E-state index contributed by atoms with van der Waals surface area (Å²) in [6.45, 7) is 0. The van der Waals surface area contributed by atoms with E-state index in [1.165, 1.54) is 11.8 Å². The van der Waals surface area contributed by atoms with Crippen LogP contribution in [0.25, 0.3) is 10.8 Å². The molecule has 0 fully saturated rings. The number of hydrogen-bond donors (Lipinski definition) is 2. The number of phenolic OH excluding ortho intramolecular Hbond substituents is 1. The molecule has 4 aromatic rings. The Balaban J connectivity index is 1.48. The van der Waals surface area contributed by atoms with Gasteiger partial charge in [0.05, 0.1) is 5.75 Å². The van der Waals surface area contributed by atoms with Crippen molar-refractivity contribution in [1.82, 2.24) is 0 Å². The van der Waals surface area contributed by atoms with E-state index in [-0.39, 0.29) is 17.4 Å². The van der Waals surface area contributed by atoms with Crippen molar-refractivity contribution >= 4 is 39.9 Å². The molecule has 0 spiro atoms. The van der Waals surface area contributed by atoms with Gasteiger partial charge in [0.1, 0.15) is 5.75 Å². The van der Waals surface area contributed by atoms with Gasteiger partial charge in [0.2, 0.25) is 0 Å². The molecule has 1 amide bonds. The SMILES string of the molecule is O=C(CSc1cccc(C(=O)Nc2cccc3c(O)cccc23)c1)c1ccccc1. The topological polar surface area (TPSA) is 66.4 Å². The first-order valence-corrected chi connectivity index (χ1v) is 10.4. The molecule has 0 radical (unpaired) electrons. The summed E-state index contributed by atoms with van der Waals surface area (Å²) >= 11 is 1.40. The Hall–Kier alpha value is -3.57. The summed E-state index contributed by atoms with van der Waals surface area (Å²) in [4.78, 5) is 26.0. The second-order valence-electron chi connectivity index (χ2n) is 6.74. The molecule has 0 bridgehead atoms. The van der Waals surface area contributed by atoms with Crippen LogP contribution in [0.5, 0.6) is 5.75 Å². The van der Waals surface area contributed by atoms with Crippen molar-refractivity contribution in [1.29, 1.82) is 0 Å². The van der Waals surface area contributed by atoms with E-state index in [2.05, 4.69) is 5.32 Å². The summed E-state index contributed by atoms with van der Waals surface area (Å²) in [7, 11) is 0. The van der Waals surface area contributed by atoms with Crippen LogP contribution in [0.3, 0.4) is 0 Å². The van der Waals surface area contributed by atoms with Crippen LogP contribution in [0, 0.1) is 0 Å². The lowest BCUT2D eigenvalue weighted by molar-refractivity contribution is 0.101. The number of amides is 1. The summed E-state index contributed by atoms with van der Waals surface area (Å²) < 4.78 is 0. The fraction of sp³-hybridized carbons (Fsp3) is 0.0400. The van der Waals surface area contributed by atoms with Gasteiger partial charge in [-0.15, -0.1) is 11.8 Å². The van der Waals surface area contributed by atoms with Gasteiger partial charge in [-0.05, 0) is 30.3 Å². The quantitative estimate of drug-likeness (QED) is 0.311. The van der Waals surface area contributed by atoms with Crippen LogP contribution in [0.15, 0.2) is 95.9 Å². The first kappa shape index (κ1) is 19.7. The fourth-order valence-corrected chi connectivity index (χ4v) is 4.03. The molecule has 0 saturated heterocycles. The Labute approximate surface area is 178 Å². The molecule has 4 nitrogen and oxygen atoms in total. The van der Waals surface area contributed by atoms with Gasteiger partial charge in [0.25, 0.3) is 5.91 Å². The average molecular weight is 413 g/mol. The monoisotopic (exact) mass is 413 g/mol. The molecule has 0 aliphatic carbocycles. The molecule has 0 aromatic heterocycles. The number of ketones is 1. The van der Waals surface area contributed by atoms with Crippen molar-refractivity contribution in [3.8, 4) is 5.75 Å². The van der Waals surface area contributed by atoms with E-state index in [1.807, 2.05) is 30.3 Å². The number of fused-ring (bicyclic) bond motifs is 1. The predicted octanol–water partition coefficient (Wildman–Crippen LogP) is 5.77. The lowest BCUT2D eigenvalue weighted by Crippen LogP contribution is -2.12. The highest BCUT2D eigenvalue weighted by Gasteiger charge is 2.11. The van der Waals surface area contributed by atoms with Gasteiger partial charge in [-0.2, -0.15) is 0 Å². The number of carbonyl (C=O) groups is 2. The number of thioether (sulfide) groups is 1. The molecular weight excluding hydrogens is 394 g/mol. The van der Waals surface area contributed by atoms with E-state index in [9.17, 15) is 14.7 Å². The average Bonchev–Trinajstić information content (AvgIpc) is 2.79. The first-order chi connectivity index (χ1) is 14.6. The molecule has 30 heavy (non-hydrogen) atoms. The molecule has 0 heterocycles. The van der Waals surface area contributed by atoms with Crippen molar-refractivity contribution in [2.24, 2.45) is 0 Å². The van der Waals surface area contributed by atoms with E-state index in [0.29, 0.717) is 28.0 Å². The molecule has 5 heteroatoms. The number of anilines is 1. The summed E-state index contributed by atoms with van der Waals surface area (Å²) in [5.74, 6) is 0.274. The number of phenols is 1. The van der Waals surface area contributed by atoms with E-state index < -0.39 is 0 Å². The molecule has 0 aliphatic rings. The lowest BCUT2D eigenvalue weighted by Gasteiger charge is -2.10. The summed E-state index contributed by atoms with van der Waals surface area (Å²) in [5, 5.41) is 14.4. The van der Waals surface area contributed by atoms with Crippen LogP contribution < -0.4 is 5.32 Å². The lowest BCUT2D eigenvalue weighted by atomic mass is 10.1. The van der Waals surface area contributed by atoms with E-state index >= 15 is 0 Å². The fourth-order valence-electron chi connectivity index (χ4n) is 3.18. The highest BCUT2D eigenvalue weighted by atomic mass is 32.2. The van der Waals surface area contributed by atoms with Crippen molar-refractivity contribution in [2.45, 2.75) is 4.90 Å². The van der Waals surface area contributed by atoms with Crippen molar-refractivity contribution < 1.29 is 14.7 Å². The minimum Gasteiger partial charge on any atom is -0.507 e. The maximum absolute atomic E-state index is 12.8. The van der Waals surface area contributed by atoms with Gasteiger partial charge >= 0.3 is 0 Å². The molecular formula is C25H19NO3S. The van der Waals surface area contributed by atoms with Crippen molar-refractivity contribution in [3.05, 3.63) is 102 Å². The number of benzene rings is 4. The van der Waals surface area contributed by atoms with Crippen LogP contribution in [0.4, 0.5) is 5.69 Å². The number of Topliss-reactive ketones (excluding diaryl/α,β-unsaturated/α-hetero) is 1. The van der Waals surface area contributed by atoms with Gasteiger partial charge in [-0.3, -0.25) is 9.59 Å². The summed E-state index contributed by atoms with van der Waals surface area (Å²) in [5.41, 5.74) is 1.81. The standard InChI is InChI=1S/C25H19NO3S/c27-23-14-6-11-20-21(23)12-5-13-22(20)26-25(29)18-9-4-10-19(15-18)30-16-24(28)17-7-2-1-3-8-17/h1-15,27H,16H2,(H,26,29). The third-order valence-corrected chi connectivity index (χ3v) is 5.70. The van der Waals surface area contributed by atoms with Gasteiger partial charge in [0, 0.05) is 32.5 Å². The van der Waals surface area contributed by atoms with Gasteiger partial charge in [-0.1, -0.05) is 60.7 Å². The molecule has 148 valence electrons. The molecule has 0 saturated carbocycles. The highest BCUT2D eigenvalue weighted by Crippen LogP contribution is 2.30. The molecule has 4 aromatic carbocycles. The van der Waals surface area contributed by atoms with E-state index in [4.69, 9.17) is 0 Å². The smallest absolute Gasteiger partial charge is 0.255 e. The Morgan fingerprint density at radius 2 is 1.47 bits per heavy atom. The summed E-state index contributed by atoms with van der Waals surface area (Å²) in [6, 6.07) is 27.0. The van der Waals surface area contributed by atoms with Crippen LogP contribution in [-0.4, -0.2) is 22.5 Å². The second kappa shape index (κ2) is 8.84. The first-order valence-electron chi connectivity index (χ1n) is 9.45. The van der Waals surface area contributed by atoms with Gasteiger partial charge in [-0.25, -0.2) is 0 Å². The largest absolute Gasteiger partial charge is 0.507 e. The molecule has 2 N–H and O–H groups in total. The van der Waals surface area contributed by atoms with Crippen LogP contribution in [0.1, 0.15) is 20.7 Å². The number of rotatable bonds is 6. The van der Waals surface area contributed by atoms with Crippen LogP contribution in [-0.2, 0) is 0 Å². The Bertz CT molecular complexity index is 1220. The second-order valence-corrected chi connectivity index (χ2v) is 7.79. The zero-order valence-electron chi connectivity index (χ0n) is 16.0. The number of aromatic hydroxyl groups is 1. The number of carbonyl (C=O) groups excluding carboxylic acids is 2. The van der Waals surface area contributed by atoms with Gasteiger partial charge < -0.3 is 10.4 Å². The van der Waals surface area contributed by atoms with Crippen molar-refractivity contribution in [3.63, 3.8) is 0 Å². The normalized spacial score (nSPS) is 10.7. The van der Waals surface area contributed by atoms with Crippen molar-refractivity contribution in [2.75, 3.05) is 11.1 Å². The Kier molecular flexibility index (Phi) is 5.82. The number of nitrogens with one attached hydrogen (secondary N) is 1. The zero-order valence-corrected chi connectivity index (χ0v) is 16.9. The number of hydrogen-bond acceptors (Lipinski definition) is 4. The maximum atomic E-state index is 12.8. The van der Waals surface area contributed by atoms with Crippen LogP contribution in [0.2, 0.25) is 0 Å². The molecule has 0 unspecified atom stereocenters. The van der Waals surface area contributed by atoms with E-state index in [0.717, 1.165) is 10.3 Å². The third-order valence-electron chi connectivity index (χ3n) is 4.71. The summed E-state index contributed by atoms with van der Waals surface area (Å²) in [6.07, 6.45) is 0. The minimum atomic E-state index is -0.248. The van der Waals surface area contributed by atoms with E-state index in [1.54, 1.807) is 60.7 Å². The van der Waals surface area contributed by atoms with Gasteiger partial charge in [0.15, 0.2) is 5.78 Å².